The number of para-hydroxylation sites is 1. The van der Waals surface area contributed by atoms with E-state index >= 15 is 0 Å². The molecule has 3 aromatic rings. The number of tetrazole rings is 1. The van der Waals surface area contributed by atoms with E-state index in [1.807, 2.05) is 44.2 Å². The van der Waals surface area contributed by atoms with Crippen molar-refractivity contribution in [3.8, 4) is 11.4 Å². The van der Waals surface area contributed by atoms with Crippen LogP contribution in [0.1, 0.15) is 11.1 Å². The summed E-state index contributed by atoms with van der Waals surface area (Å²) in [4.78, 5) is 12.1. The van der Waals surface area contributed by atoms with E-state index in [-0.39, 0.29) is 12.5 Å². The Morgan fingerprint density at radius 2 is 1.92 bits per heavy atom. The second kappa shape index (κ2) is 6.91. The molecule has 0 saturated carbocycles. The first-order chi connectivity index (χ1) is 11.6. The molecule has 1 heterocycles. The van der Waals surface area contributed by atoms with Gasteiger partial charge in [0.2, 0.25) is 0 Å². The van der Waals surface area contributed by atoms with Crippen molar-refractivity contribution in [3.63, 3.8) is 0 Å². The van der Waals surface area contributed by atoms with Crippen molar-refractivity contribution in [2.45, 2.75) is 13.8 Å². The van der Waals surface area contributed by atoms with Crippen LogP contribution in [0.4, 0.5) is 5.69 Å². The van der Waals surface area contributed by atoms with Gasteiger partial charge in [0.1, 0.15) is 12.1 Å². The van der Waals surface area contributed by atoms with Crippen LogP contribution in [0.2, 0.25) is 0 Å². The molecule has 7 nitrogen and oxygen atoms in total. The number of rotatable bonds is 5. The van der Waals surface area contributed by atoms with Crippen LogP contribution in [0.15, 0.2) is 48.8 Å². The third-order valence-electron chi connectivity index (χ3n) is 3.55. The number of aromatic nitrogens is 4. The lowest BCUT2D eigenvalue weighted by Gasteiger charge is -2.12. The van der Waals surface area contributed by atoms with Gasteiger partial charge in [-0.05, 0) is 47.5 Å². The minimum Gasteiger partial charge on any atom is -0.484 e. The van der Waals surface area contributed by atoms with Crippen molar-refractivity contribution in [2.75, 3.05) is 11.9 Å². The fourth-order valence-corrected chi connectivity index (χ4v) is 2.33. The predicted molar refractivity (Wildman–Crippen MR) is 89.2 cm³/mol. The van der Waals surface area contributed by atoms with Crippen LogP contribution >= 0.6 is 0 Å². The first-order valence-corrected chi connectivity index (χ1v) is 7.46. The van der Waals surface area contributed by atoms with Crippen molar-refractivity contribution in [1.82, 2.24) is 20.2 Å². The molecule has 0 aliphatic carbocycles. The monoisotopic (exact) mass is 323 g/mol. The molecule has 7 heteroatoms. The molecule has 0 aliphatic heterocycles. The summed E-state index contributed by atoms with van der Waals surface area (Å²) in [6, 6.07) is 13.1. The molecule has 0 aliphatic rings. The second-order valence-corrected chi connectivity index (χ2v) is 5.36. The van der Waals surface area contributed by atoms with Crippen LogP contribution in [0, 0.1) is 13.8 Å². The van der Waals surface area contributed by atoms with Gasteiger partial charge in [-0.3, -0.25) is 4.79 Å². The lowest BCUT2D eigenvalue weighted by molar-refractivity contribution is -0.118. The highest BCUT2D eigenvalue weighted by atomic mass is 16.5. The molecular weight excluding hydrogens is 306 g/mol. The van der Waals surface area contributed by atoms with Gasteiger partial charge in [0.25, 0.3) is 5.91 Å². The number of carbonyl (C=O) groups is 1. The second-order valence-electron chi connectivity index (χ2n) is 5.36. The summed E-state index contributed by atoms with van der Waals surface area (Å²) in [7, 11) is 0. The summed E-state index contributed by atoms with van der Waals surface area (Å²) in [6.45, 7) is 3.84. The van der Waals surface area contributed by atoms with Gasteiger partial charge in [-0.15, -0.1) is 5.10 Å². The highest BCUT2D eigenvalue weighted by Crippen LogP contribution is 2.20. The first-order valence-electron chi connectivity index (χ1n) is 7.46. The molecule has 1 N–H and O–H groups in total. The van der Waals surface area contributed by atoms with Gasteiger partial charge in [0.05, 0.1) is 5.69 Å². The maximum Gasteiger partial charge on any atom is 0.262 e. The maximum absolute atomic E-state index is 12.1. The van der Waals surface area contributed by atoms with Gasteiger partial charge < -0.3 is 10.1 Å². The Kier molecular flexibility index (Phi) is 4.51. The molecule has 24 heavy (non-hydrogen) atoms. The van der Waals surface area contributed by atoms with Crippen LogP contribution in [0.3, 0.4) is 0 Å². The number of carbonyl (C=O) groups excluding carboxylic acids is 1. The molecule has 1 amide bonds. The standard InChI is InChI=1S/C17H17N5O2/c1-12-5-3-6-13(2)17(12)19-16(23)10-24-15-8-4-7-14(9-15)22-11-18-20-21-22/h3-9,11H,10H2,1-2H3,(H,19,23). The number of nitrogens with one attached hydrogen (secondary N) is 1. The van der Waals surface area contributed by atoms with E-state index in [9.17, 15) is 4.79 Å². The molecule has 0 spiro atoms. The van der Waals surface area contributed by atoms with Crippen molar-refractivity contribution < 1.29 is 9.53 Å². The summed E-state index contributed by atoms with van der Waals surface area (Å²) < 4.78 is 7.08. The largest absolute Gasteiger partial charge is 0.484 e. The number of ether oxygens (including phenoxy) is 1. The molecular formula is C17H17N5O2. The third kappa shape index (κ3) is 3.57. The summed E-state index contributed by atoms with van der Waals surface area (Å²) in [6.07, 6.45) is 1.49. The summed E-state index contributed by atoms with van der Waals surface area (Å²) in [5.41, 5.74) is 3.62. The zero-order valence-electron chi connectivity index (χ0n) is 13.4. The first kappa shape index (κ1) is 15.7. The van der Waals surface area contributed by atoms with E-state index in [1.54, 1.807) is 12.1 Å². The van der Waals surface area contributed by atoms with E-state index in [4.69, 9.17) is 4.74 Å². The van der Waals surface area contributed by atoms with Crippen LogP contribution in [-0.4, -0.2) is 32.7 Å². The topological polar surface area (TPSA) is 81.9 Å². The van der Waals surface area contributed by atoms with Crippen LogP contribution in [0.5, 0.6) is 5.75 Å². The molecule has 0 bridgehead atoms. The Morgan fingerprint density at radius 1 is 1.17 bits per heavy atom. The number of amides is 1. The Bertz CT molecular complexity index is 826. The zero-order chi connectivity index (χ0) is 16.9. The fraction of sp³-hybridized carbons (Fsp3) is 0.176. The van der Waals surface area contributed by atoms with E-state index in [1.165, 1.54) is 11.0 Å². The average Bonchev–Trinajstić information content (AvgIpc) is 3.11. The number of anilines is 1. The predicted octanol–water partition coefficient (Wildman–Crippen LogP) is 2.30. The quantitative estimate of drug-likeness (QED) is 0.779. The number of nitrogens with zero attached hydrogens (tertiary/aromatic N) is 4. The zero-order valence-corrected chi connectivity index (χ0v) is 13.4. The molecule has 1 aromatic heterocycles. The molecule has 0 radical (unpaired) electrons. The normalized spacial score (nSPS) is 10.4. The minimum atomic E-state index is -0.208. The maximum atomic E-state index is 12.1. The molecule has 3 rings (SSSR count). The highest BCUT2D eigenvalue weighted by molar-refractivity contribution is 5.93. The summed E-state index contributed by atoms with van der Waals surface area (Å²) >= 11 is 0. The van der Waals surface area contributed by atoms with Crippen molar-refractivity contribution in [1.29, 1.82) is 0 Å². The molecule has 0 saturated heterocycles. The van der Waals surface area contributed by atoms with Crippen LogP contribution in [0.25, 0.3) is 5.69 Å². The number of hydrogen-bond donors (Lipinski definition) is 1. The average molecular weight is 323 g/mol. The Labute approximate surface area is 139 Å². The molecule has 2 aromatic carbocycles. The van der Waals surface area contributed by atoms with Gasteiger partial charge >= 0.3 is 0 Å². The number of benzene rings is 2. The highest BCUT2D eigenvalue weighted by Gasteiger charge is 2.08. The summed E-state index contributed by atoms with van der Waals surface area (Å²) in [5, 5.41) is 13.9. The van der Waals surface area contributed by atoms with Gasteiger partial charge in [-0.25, -0.2) is 4.68 Å². The molecule has 0 fully saturated rings. The number of hydrogen-bond acceptors (Lipinski definition) is 5. The van der Waals surface area contributed by atoms with E-state index < -0.39 is 0 Å². The van der Waals surface area contributed by atoms with Gasteiger partial charge in [0.15, 0.2) is 6.61 Å². The fourth-order valence-electron chi connectivity index (χ4n) is 2.33. The van der Waals surface area contributed by atoms with E-state index in [2.05, 4.69) is 20.8 Å². The van der Waals surface area contributed by atoms with Crippen LogP contribution in [-0.2, 0) is 4.79 Å². The van der Waals surface area contributed by atoms with Gasteiger partial charge in [-0.1, -0.05) is 24.3 Å². The van der Waals surface area contributed by atoms with Crippen molar-refractivity contribution in [2.24, 2.45) is 0 Å². The third-order valence-corrected chi connectivity index (χ3v) is 3.55. The van der Waals surface area contributed by atoms with E-state index in [0.29, 0.717) is 5.75 Å². The Balaban J connectivity index is 1.64. The lowest BCUT2D eigenvalue weighted by Crippen LogP contribution is -2.21. The number of aryl methyl sites for hydroxylation is 2. The summed E-state index contributed by atoms with van der Waals surface area (Å²) in [5.74, 6) is 0.361. The minimum absolute atomic E-state index is 0.0766. The van der Waals surface area contributed by atoms with Crippen molar-refractivity contribution >= 4 is 11.6 Å². The smallest absolute Gasteiger partial charge is 0.262 e. The van der Waals surface area contributed by atoms with Crippen molar-refractivity contribution in [3.05, 3.63) is 59.9 Å². The SMILES string of the molecule is Cc1cccc(C)c1NC(=O)COc1cccc(-n2cnnn2)c1. The molecule has 0 unspecified atom stereocenters. The molecule has 122 valence electrons. The van der Waals surface area contributed by atoms with Crippen LogP contribution < -0.4 is 10.1 Å². The Morgan fingerprint density at radius 3 is 2.62 bits per heavy atom. The Hall–Kier alpha value is -3.22. The van der Waals surface area contributed by atoms with Gasteiger partial charge in [-0.2, -0.15) is 0 Å². The van der Waals surface area contributed by atoms with E-state index in [0.717, 1.165) is 22.5 Å². The lowest BCUT2D eigenvalue weighted by atomic mass is 10.1. The van der Waals surface area contributed by atoms with Gasteiger partial charge in [0, 0.05) is 11.8 Å². The molecule has 0 atom stereocenters.